The first-order valence-electron chi connectivity index (χ1n) is 8.56. The summed E-state index contributed by atoms with van der Waals surface area (Å²) >= 11 is 0. The van der Waals surface area contributed by atoms with Gasteiger partial charge in [0, 0.05) is 11.7 Å². The first-order chi connectivity index (χ1) is 12.7. The van der Waals surface area contributed by atoms with E-state index in [1.54, 1.807) is 14.0 Å². The van der Waals surface area contributed by atoms with Crippen LogP contribution < -0.4 is 15.4 Å². The first kappa shape index (κ1) is 20.6. The van der Waals surface area contributed by atoms with Crippen LogP contribution in [0.15, 0.2) is 42.5 Å². The molecule has 2 amide bonds. The number of carbonyl (C=O) groups is 1. The minimum atomic E-state index is -4.45. The topological polar surface area (TPSA) is 50.4 Å². The number of methoxy groups -OCH3 is 1. The molecule has 27 heavy (non-hydrogen) atoms. The Balaban J connectivity index is 1.88. The van der Waals surface area contributed by atoms with Crippen LogP contribution >= 0.6 is 0 Å². The van der Waals surface area contributed by atoms with Crippen molar-refractivity contribution in [3.05, 3.63) is 59.2 Å². The Morgan fingerprint density at radius 2 is 1.81 bits per heavy atom. The number of anilines is 1. The molecule has 0 spiro atoms. The molecular weight excluding hydrogens is 357 g/mol. The highest BCUT2D eigenvalue weighted by Crippen LogP contribution is 2.31. The summed E-state index contributed by atoms with van der Waals surface area (Å²) < 4.78 is 43.7. The maximum absolute atomic E-state index is 12.9. The summed E-state index contributed by atoms with van der Waals surface area (Å²) in [5.41, 5.74) is 0.860. The lowest BCUT2D eigenvalue weighted by atomic mass is 10.1. The van der Waals surface area contributed by atoms with E-state index in [4.69, 9.17) is 4.74 Å². The molecule has 0 saturated heterocycles. The van der Waals surface area contributed by atoms with Gasteiger partial charge >= 0.3 is 12.2 Å². The van der Waals surface area contributed by atoms with Gasteiger partial charge in [-0.2, -0.15) is 13.2 Å². The number of halogens is 3. The number of hydrogen-bond acceptors (Lipinski definition) is 2. The van der Waals surface area contributed by atoms with Crippen molar-refractivity contribution in [1.29, 1.82) is 0 Å². The SMILES string of the molecule is COc1ccc(CCC(C)NC(=O)Nc2cc(C)cc(C(F)(F)F)c2)cc1. The normalized spacial score (nSPS) is 12.4. The largest absolute Gasteiger partial charge is 0.497 e. The van der Waals surface area contributed by atoms with Crippen molar-refractivity contribution in [2.75, 3.05) is 12.4 Å². The molecule has 0 aliphatic heterocycles. The number of urea groups is 1. The summed E-state index contributed by atoms with van der Waals surface area (Å²) in [6.07, 6.45) is -3.00. The molecule has 0 aromatic heterocycles. The zero-order valence-electron chi connectivity index (χ0n) is 15.5. The van der Waals surface area contributed by atoms with Gasteiger partial charge in [0.25, 0.3) is 0 Å². The zero-order chi connectivity index (χ0) is 20.0. The summed E-state index contributed by atoms with van der Waals surface area (Å²) in [6, 6.07) is 10.4. The van der Waals surface area contributed by atoms with Gasteiger partial charge in [0.1, 0.15) is 5.75 Å². The molecule has 0 saturated carbocycles. The second kappa shape index (κ2) is 8.79. The van der Waals surface area contributed by atoms with E-state index in [1.165, 1.54) is 6.07 Å². The number of hydrogen-bond donors (Lipinski definition) is 2. The Kier molecular flexibility index (Phi) is 6.71. The average Bonchev–Trinajstić information content (AvgIpc) is 2.59. The van der Waals surface area contributed by atoms with Gasteiger partial charge in [0.15, 0.2) is 0 Å². The van der Waals surface area contributed by atoms with Gasteiger partial charge in [0.05, 0.1) is 12.7 Å². The molecule has 0 aliphatic rings. The van der Waals surface area contributed by atoms with Crippen LogP contribution in [0.2, 0.25) is 0 Å². The van der Waals surface area contributed by atoms with Crippen molar-refractivity contribution in [2.24, 2.45) is 0 Å². The standard InChI is InChI=1S/C20H23F3N2O2/c1-13-10-16(20(21,22)23)12-17(11-13)25-19(26)24-14(2)4-5-15-6-8-18(27-3)9-7-15/h6-12,14H,4-5H2,1-3H3,(H2,24,25,26). The number of rotatable bonds is 6. The van der Waals surface area contributed by atoms with Gasteiger partial charge in [0.2, 0.25) is 0 Å². The molecule has 1 atom stereocenters. The molecule has 0 radical (unpaired) electrons. The van der Waals surface area contributed by atoms with Gasteiger partial charge in [-0.1, -0.05) is 12.1 Å². The highest BCUT2D eigenvalue weighted by atomic mass is 19.4. The third-order valence-corrected chi connectivity index (χ3v) is 4.07. The Morgan fingerprint density at radius 1 is 1.15 bits per heavy atom. The molecule has 0 fully saturated rings. The van der Waals surface area contributed by atoms with Crippen LogP contribution in [0.5, 0.6) is 5.75 Å². The zero-order valence-corrected chi connectivity index (χ0v) is 15.5. The lowest BCUT2D eigenvalue weighted by Crippen LogP contribution is -2.36. The molecule has 2 rings (SSSR count). The molecule has 2 aromatic rings. The van der Waals surface area contributed by atoms with E-state index in [9.17, 15) is 18.0 Å². The van der Waals surface area contributed by atoms with Gasteiger partial charge in [-0.3, -0.25) is 0 Å². The van der Waals surface area contributed by atoms with Crippen molar-refractivity contribution in [2.45, 2.75) is 38.9 Å². The lowest BCUT2D eigenvalue weighted by Gasteiger charge is -2.16. The molecule has 0 aliphatic carbocycles. The van der Waals surface area contributed by atoms with Crippen LogP contribution in [0.1, 0.15) is 30.0 Å². The maximum Gasteiger partial charge on any atom is 0.416 e. The molecular formula is C20H23F3N2O2. The van der Waals surface area contributed by atoms with Crippen LogP contribution in [0, 0.1) is 6.92 Å². The van der Waals surface area contributed by atoms with E-state index in [2.05, 4.69) is 10.6 Å². The second-order valence-electron chi connectivity index (χ2n) is 6.47. The minimum absolute atomic E-state index is 0.113. The summed E-state index contributed by atoms with van der Waals surface area (Å²) in [5.74, 6) is 0.778. The molecule has 4 nitrogen and oxygen atoms in total. The van der Waals surface area contributed by atoms with Crippen LogP contribution in [0.4, 0.5) is 23.7 Å². The second-order valence-corrected chi connectivity index (χ2v) is 6.47. The van der Waals surface area contributed by atoms with Crippen molar-refractivity contribution in [3.63, 3.8) is 0 Å². The average molecular weight is 380 g/mol. The molecule has 0 heterocycles. The molecule has 0 bridgehead atoms. The van der Waals surface area contributed by atoms with Gasteiger partial charge in [-0.05, 0) is 68.1 Å². The molecule has 7 heteroatoms. The van der Waals surface area contributed by atoms with Crippen LogP contribution in [0.3, 0.4) is 0 Å². The van der Waals surface area contributed by atoms with E-state index < -0.39 is 17.8 Å². The van der Waals surface area contributed by atoms with E-state index in [-0.39, 0.29) is 11.7 Å². The summed E-state index contributed by atoms with van der Waals surface area (Å²) in [6.45, 7) is 3.40. The highest BCUT2D eigenvalue weighted by molar-refractivity contribution is 5.89. The Hall–Kier alpha value is -2.70. The highest BCUT2D eigenvalue weighted by Gasteiger charge is 2.31. The molecule has 146 valence electrons. The van der Waals surface area contributed by atoms with Gasteiger partial charge in [-0.15, -0.1) is 0 Å². The fourth-order valence-corrected chi connectivity index (χ4v) is 2.66. The van der Waals surface area contributed by atoms with Crippen molar-refractivity contribution >= 4 is 11.7 Å². The van der Waals surface area contributed by atoms with E-state index in [0.717, 1.165) is 29.9 Å². The Labute approximate surface area is 156 Å². The Morgan fingerprint density at radius 3 is 2.41 bits per heavy atom. The summed E-state index contributed by atoms with van der Waals surface area (Å²) in [5, 5.41) is 5.22. The van der Waals surface area contributed by atoms with Crippen LogP contribution in [-0.4, -0.2) is 19.2 Å². The maximum atomic E-state index is 12.9. The quantitative estimate of drug-likeness (QED) is 0.727. The van der Waals surface area contributed by atoms with Crippen molar-refractivity contribution < 1.29 is 22.7 Å². The number of nitrogens with one attached hydrogen (secondary N) is 2. The number of alkyl halides is 3. The number of carbonyl (C=O) groups excluding carboxylic acids is 1. The molecule has 1 unspecified atom stereocenters. The van der Waals surface area contributed by atoms with E-state index in [1.807, 2.05) is 31.2 Å². The van der Waals surface area contributed by atoms with E-state index >= 15 is 0 Å². The van der Waals surface area contributed by atoms with Crippen LogP contribution in [-0.2, 0) is 12.6 Å². The van der Waals surface area contributed by atoms with Gasteiger partial charge < -0.3 is 15.4 Å². The number of ether oxygens (including phenoxy) is 1. The lowest BCUT2D eigenvalue weighted by molar-refractivity contribution is -0.137. The number of amides is 2. The fourth-order valence-electron chi connectivity index (χ4n) is 2.66. The predicted molar refractivity (Wildman–Crippen MR) is 99.1 cm³/mol. The summed E-state index contributed by atoms with van der Waals surface area (Å²) in [4.78, 5) is 12.1. The minimum Gasteiger partial charge on any atom is -0.497 e. The third-order valence-electron chi connectivity index (χ3n) is 4.07. The van der Waals surface area contributed by atoms with E-state index in [0.29, 0.717) is 12.0 Å². The number of aryl methyl sites for hydroxylation is 2. The van der Waals surface area contributed by atoms with Crippen molar-refractivity contribution in [3.8, 4) is 5.75 Å². The van der Waals surface area contributed by atoms with Crippen LogP contribution in [0.25, 0.3) is 0 Å². The number of benzene rings is 2. The molecule has 2 N–H and O–H groups in total. The fraction of sp³-hybridized carbons (Fsp3) is 0.350. The predicted octanol–water partition coefficient (Wildman–Crippen LogP) is 5.17. The summed E-state index contributed by atoms with van der Waals surface area (Å²) in [7, 11) is 1.60. The molecule has 2 aromatic carbocycles. The first-order valence-corrected chi connectivity index (χ1v) is 8.56. The third kappa shape index (κ3) is 6.51. The monoisotopic (exact) mass is 380 g/mol. The van der Waals surface area contributed by atoms with Gasteiger partial charge in [-0.25, -0.2) is 4.79 Å². The Bertz CT molecular complexity index is 774. The smallest absolute Gasteiger partial charge is 0.416 e. The van der Waals surface area contributed by atoms with Crippen molar-refractivity contribution in [1.82, 2.24) is 5.32 Å².